The number of aromatic nitrogens is 1. The molecule has 0 radical (unpaired) electrons. The van der Waals surface area contributed by atoms with Gasteiger partial charge in [0.1, 0.15) is 11.6 Å². The predicted molar refractivity (Wildman–Crippen MR) is 108 cm³/mol. The SMILES string of the molecule is COc1cc(C)c(S(=O)(=O)Nc2ccc(NC3CCCCC3)cn2)cc1C. The fraction of sp³-hybridized carbons (Fsp3) is 0.450. The second kappa shape index (κ2) is 8.17. The van der Waals surface area contributed by atoms with Crippen LogP contribution in [0.2, 0.25) is 0 Å². The summed E-state index contributed by atoms with van der Waals surface area (Å²) in [6.07, 6.45) is 7.84. The molecule has 0 saturated heterocycles. The van der Waals surface area contributed by atoms with E-state index in [9.17, 15) is 8.42 Å². The van der Waals surface area contributed by atoms with Crippen molar-refractivity contribution in [3.8, 4) is 5.75 Å². The number of nitrogens with one attached hydrogen (secondary N) is 2. The molecular weight excluding hydrogens is 362 g/mol. The van der Waals surface area contributed by atoms with E-state index in [1.54, 1.807) is 38.4 Å². The highest BCUT2D eigenvalue weighted by Crippen LogP contribution is 2.27. The molecule has 0 amide bonds. The minimum atomic E-state index is -3.72. The average Bonchev–Trinajstić information content (AvgIpc) is 2.65. The molecule has 0 unspecified atom stereocenters. The normalized spacial score (nSPS) is 15.4. The summed E-state index contributed by atoms with van der Waals surface area (Å²) in [6.45, 7) is 3.57. The van der Waals surface area contributed by atoms with Gasteiger partial charge in [0.2, 0.25) is 0 Å². The topological polar surface area (TPSA) is 80.3 Å². The fourth-order valence-corrected chi connectivity index (χ4v) is 4.81. The van der Waals surface area contributed by atoms with Crippen LogP contribution in [0.3, 0.4) is 0 Å². The quantitative estimate of drug-likeness (QED) is 0.772. The number of pyridine rings is 1. The van der Waals surface area contributed by atoms with Gasteiger partial charge < -0.3 is 10.1 Å². The second-order valence-electron chi connectivity index (χ2n) is 7.10. The van der Waals surface area contributed by atoms with Crippen LogP contribution in [0.15, 0.2) is 35.4 Å². The van der Waals surface area contributed by atoms with E-state index >= 15 is 0 Å². The number of benzene rings is 1. The first-order valence-corrected chi connectivity index (χ1v) is 10.8. The minimum absolute atomic E-state index is 0.229. The molecule has 0 bridgehead atoms. The summed E-state index contributed by atoms with van der Waals surface area (Å²) in [5, 5.41) is 3.48. The molecule has 2 N–H and O–H groups in total. The molecule has 1 aliphatic carbocycles. The van der Waals surface area contributed by atoms with Crippen molar-refractivity contribution in [2.75, 3.05) is 17.1 Å². The van der Waals surface area contributed by atoms with E-state index < -0.39 is 10.0 Å². The molecule has 1 aromatic carbocycles. The Morgan fingerprint density at radius 1 is 1.07 bits per heavy atom. The van der Waals surface area contributed by atoms with Gasteiger partial charge in [-0.3, -0.25) is 4.72 Å². The number of hydrogen-bond donors (Lipinski definition) is 2. The molecule has 0 atom stereocenters. The summed E-state index contributed by atoms with van der Waals surface area (Å²) in [7, 11) is -2.15. The number of sulfonamides is 1. The Bertz CT molecular complexity index is 889. The van der Waals surface area contributed by atoms with Crippen LogP contribution in [0.4, 0.5) is 11.5 Å². The Labute approximate surface area is 161 Å². The molecule has 1 heterocycles. The van der Waals surface area contributed by atoms with E-state index in [2.05, 4.69) is 15.0 Å². The van der Waals surface area contributed by atoms with Gasteiger partial charge in [-0.2, -0.15) is 0 Å². The zero-order valence-corrected chi connectivity index (χ0v) is 16.9. The first-order valence-electron chi connectivity index (χ1n) is 9.29. The van der Waals surface area contributed by atoms with Crippen molar-refractivity contribution in [3.63, 3.8) is 0 Å². The van der Waals surface area contributed by atoms with Crippen LogP contribution in [-0.4, -0.2) is 26.6 Å². The van der Waals surface area contributed by atoms with Gasteiger partial charge in [0, 0.05) is 6.04 Å². The molecule has 1 fully saturated rings. The number of aryl methyl sites for hydroxylation is 2. The molecule has 6 nitrogen and oxygen atoms in total. The van der Waals surface area contributed by atoms with E-state index in [-0.39, 0.29) is 4.90 Å². The molecular formula is C20H27N3O3S. The van der Waals surface area contributed by atoms with Crippen LogP contribution < -0.4 is 14.8 Å². The third-order valence-electron chi connectivity index (χ3n) is 4.96. The van der Waals surface area contributed by atoms with Gasteiger partial charge in [0.05, 0.1) is 23.9 Å². The lowest BCUT2D eigenvalue weighted by Gasteiger charge is -2.23. The van der Waals surface area contributed by atoms with E-state index in [4.69, 9.17) is 4.74 Å². The third kappa shape index (κ3) is 4.71. The van der Waals surface area contributed by atoms with Crippen molar-refractivity contribution < 1.29 is 13.2 Å². The molecule has 146 valence electrons. The van der Waals surface area contributed by atoms with Crippen LogP contribution in [-0.2, 0) is 10.0 Å². The van der Waals surface area contributed by atoms with Crippen molar-refractivity contribution in [2.24, 2.45) is 0 Å². The van der Waals surface area contributed by atoms with Crippen molar-refractivity contribution in [3.05, 3.63) is 41.6 Å². The zero-order chi connectivity index (χ0) is 19.4. The number of methoxy groups -OCH3 is 1. The molecule has 7 heteroatoms. The lowest BCUT2D eigenvalue weighted by molar-refractivity contribution is 0.411. The molecule has 0 spiro atoms. The number of nitrogens with zero attached hydrogens (tertiary/aromatic N) is 1. The molecule has 1 saturated carbocycles. The van der Waals surface area contributed by atoms with Crippen LogP contribution >= 0.6 is 0 Å². The van der Waals surface area contributed by atoms with Gasteiger partial charge in [0.15, 0.2) is 0 Å². The van der Waals surface area contributed by atoms with Crippen molar-refractivity contribution >= 4 is 21.5 Å². The van der Waals surface area contributed by atoms with E-state index in [0.717, 1.165) is 11.3 Å². The Hall–Kier alpha value is -2.28. The van der Waals surface area contributed by atoms with Crippen molar-refractivity contribution in [1.29, 1.82) is 0 Å². The van der Waals surface area contributed by atoms with Gasteiger partial charge in [0.25, 0.3) is 10.0 Å². The van der Waals surface area contributed by atoms with Crippen LogP contribution in [0.25, 0.3) is 0 Å². The molecule has 2 aromatic rings. The van der Waals surface area contributed by atoms with E-state index in [1.807, 2.05) is 13.0 Å². The smallest absolute Gasteiger partial charge is 0.263 e. The lowest BCUT2D eigenvalue weighted by atomic mass is 9.95. The van der Waals surface area contributed by atoms with Crippen molar-refractivity contribution in [2.45, 2.75) is 56.9 Å². The monoisotopic (exact) mass is 389 g/mol. The van der Waals surface area contributed by atoms with Gasteiger partial charge in [-0.1, -0.05) is 19.3 Å². The van der Waals surface area contributed by atoms with Crippen molar-refractivity contribution in [1.82, 2.24) is 4.98 Å². The van der Waals surface area contributed by atoms with Gasteiger partial charge in [-0.05, 0) is 62.1 Å². The number of hydrogen-bond acceptors (Lipinski definition) is 5. The highest BCUT2D eigenvalue weighted by atomic mass is 32.2. The first kappa shape index (κ1) is 19.5. The molecule has 0 aliphatic heterocycles. The second-order valence-corrected chi connectivity index (χ2v) is 8.76. The summed E-state index contributed by atoms with van der Waals surface area (Å²) in [5.41, 5.74) is 2.31. The molecule has 1 aliphatic rings. The highest BCUT2D eigenvalue weighted by Gasteiger charge is 2.20. The van der Waals surface area contributed by atoms with Gasteiger partial charge in [-0.15, -0.1) is 0 Å². The average molecular weight is 390 g/mol. The van der Waals surface area contributed by atoms with Crippen LogP contribution in [0, 0.1) is 13.8 Å². The Kier molecular flexibility index (Phi) is 5.89. The maximum Gasteiger partial charge on any atom is 0.263 e. The lowest BCUT2D eigenvalue weighted by Crippen LogP contribution is -2.22. The van der Waals surface area contributed by atoms with Gasteiger partial charge in [-0.25, -0.2) is 13.4 Å². The maximum absolute atomic E-state index is 12.8. The predicted octanol–water partition coefficient (Wildman–Crippen LogP) is 4.25. The maximum atomic E-state index is 12.8. The highest BCUT2D eigenvalue weighted by molar-refractivity contribution is 7.92. The summed E-state index contributed by atoms with van der Waals surface area (Å²) in [6, 6.07) is 7.39. The molecule has 1 aromatic heterocycles. The van der Waals surface area contributed by atoms with E-state index in [0.29, 0.717) is 23.2 Å². The minimum Gasteiger partial charge on any atom is -0.496 e. The number of ether oxygens (including phenoxy) is 1. The first-order chi connectivity index (χ1) is 12.9. The third-order valence-corrected chi connectivity index (χ3v) is 6.46. The zero-order valence-electron chi connectivity index (χ0n) is 16.1. The van der Waals surface area contributed by atoms with Crippen LogP contribution in [0.1, 0.15) is 43.2 Å². The van der Waals surface area contributed by atoms with Crippen LogP contribution in [0.5, 0.6) is 5.75 Å². The summed E-state index contributed by atoms with van der Waals surface area (Å²) >= 11 is 0. The van der Waals surface area contributed by atoms with Gasteiger partial charge >= 0.3 is 0 Å². The fourth-order valence-electron chi connectivity index (χ4n) is 3.49. The molecule has 3 rings (SSSR count). The number of rotatable bonds is 6. The molecule has 27 heavy (non-hydrogen) atoms. The number of anilines is 2. The summed E-state index contributed by atoms with van der Waals surface area (Å²) in [4.78, 5) is 4.49. The summed E-state index contributed by atoms with van der Waals surface area (Å²) < 4.78 is 33.4. The Morgan fingerprint density at radius 2 is 1.81 bits per heavy atom. The van der Waals surface area contributed by atoms with E-state index in [1.165, 1.54) is 32.1 Å². The standard InChI is InChI=1S/C20H27N3O3S/c1-14-12-19(15(2)11-18(14)26-3)27(24,25)23-20-10-9-17(13-21-20)22-16-7-5-4-6-8-16/h9-13,16,22H,4-8H2,1-3H3,(H,21,23). The Morgan fingerprint density at radius 3 is 2.44 bits per heavy atom. The Balaban J connectivity index is 1.73. The summed E-state index contributed by atoms with van der Waals surface area (Å²) in [5.74, 6) is 0.972. The largest absolute Gasteiger partial charge is 0.496 e.